The number of hydrogen-bond acceptors (Lipinski definition) is 3. The second kappa shape index (κ2) is 8.41. The monoisotopic (exact) mass is 361 g/mol. The molecule has 0 aromatic heterocycles. The van der Waals surface area contributed by atoms with Crippen LogP contribution in [-0.2, 0) is 6.54 Å². The summed E-state index contributed by atoms with van der Waals surface area (Å²) in [5.41, 5.74) is 3.88. The van der Waals surface area contributed by atoms with Gasteiger partial charge in [-0.1, -0.05) is 60.7 Å². The lowest BCUT2D eigenvalue weighted by molar-refractivity contribution is 0.0781. The lowest BCUT2D eigenvalue weighted by Gasteiger charge is -2.20. The topological polar surface area (TPSA) is 38.8 Å². The van der Waals surface area contributed by atoms with Crippen molar-refractivity contribution in [2.45, 2.75) is 6.54 Å². The van der Waals surface area contributed by atoms with Crippen molar-refractivity contribution < 1.29 is 14.3 Å². The molecule has 0 N–H and O–H groups in total. The predicted octanol–water partition coefficient (Wildman–Crippen LogP) is 4.64. The zero-order valence-electron chi connectivity index (χ0n) is 15.8. The molecule has 1 amide bonds. The highest BCUT2D eigenvalue weighted by atomic mass is 16.5. The molecule has 0 aliphatic heterocycles. The summed E-state index contributed by atoms with van der Waals surface area (Å²) < 4.78 is 10.7. The first-order valence-electron chi connectivity index (χ1n) is 8.75. The second-order valence-corrected chi connectivity index (χ2v) is 6.27. The Morgan fingerprint density at radius 2 is 1.48 bits per heavy atom. The number of carbonyl (C=O) groups is 1. The number of nitrogens with zero attached hydrogens (tertiary/aromatic N) is 1. The van der Waals surface area contributed by atoms with Crippen LogP contribution < -0.4 is 9.47 Å². The van der Waals surface area contributed by atoms with Crippen molar-refractivity contribution in [1.29, 1.82) is 0 Å². The molecule has 0 fully saturated rings. The maximum absolute atomic E-state index is 12.9. The molecule has 0 spiro atoms. The summed E-state index contributed by atoms with van der Waals surface area (Å²) in [5, 5.41) is 0. The van der Waals surface area contributed by atoms with Crippen molar-refractivity contribution in [1.82, 2.24) is 4.90 Å². The van der Waals surface area contributed by atoms with E-state index in [1.54, 1.807) is 37.3 Å². The molecule has 0 heterocycles. The Bertz CT molecular complexity index is 905. The van der Waals surface area contributed by atoms with Gasteiger partial charge in [-0.05, 0) is 28.8 Å². The van der Waals surface area contributed by atoms with Gasteiger partial charge in [-0.25, -0.2) is 0 Å². The molecule has 0 saturated carbocycles. The molecule has 27 heavy (non-hydrogen) atoms. The van der Waals surface area contributed by atoms with E-state index in [1.807, 2.05) is 18.2 Å². The average Bonchev–Trinajstić information content (AvgIpc) is 2.73. The molecule has 0 unspecified atom stereocenters. The first-order chi connectivity index (χ1) is 13.1. The van der Waals surface area contributed by atoms with Crippen LogP contribution in [0.15, 0.2) is 72.8 Å². The summed E-state index contributed by atoms with van der Waals surface area (Å²) in [7, 11) is 4.88. The van der Waals surface area contributed by atoms with Gasteiger partial charge in [0.1, 0.15) is 0 Å². The van der Waals surface area contributed by atoms with Crippen LogP contribution in [0.4, 0.5) is 0 Å². The van der Waals surface area contributed by atoms with Gasteiger partial charge in [0.05, 0.1) is 19.8 Å². The third-order valence-corrected chi connectivity index (χ3v) is 4.46. The summed E-state index contributed by atoms with van der Waals surface area (Å²) >= 11 is 0. The van der Waals surface area contributed by atoms with E-state index in [-0.39, 0.29) is 5.91 Å². The number of carbonyl (C=O) groups excluding carboxylic acids is 1. The molecule has 3 aromatic rings. The van der Waals surface area contributed by atoms with E-state index >= 15 is 0 Å². The Kier molecular flexibility index (Phi) is 5.77. The van der Waals surface area contributed by atoms with Gasteiger partial charge in [0.25, 0.3) is 5.91 Å². The van der Waals surface area contributed by atoms with Gasteiger partial charge in [-0.2, -0.15) is 0 Å². The molecule has 138 valence electrons. The maximum atomic E-state index is 12.9. The Labute approximate surface area is 160 Å². The summed E-state index contributed by atoms with van der Waals surface area (Å²) in [6.45, 7) is 0.508. The van der Waals surface area contributed by atoms with Gasteiger partial charge in [-0.3, -0.25) is 4.79 Å². The molecular weight excluding hydrogens is 338 g/mol. The first-order valence-corrected chi connectivity index (χ1v) is 8.75. The first kappa shape index (κ1) is 18.5. The van der Waals surface area contributed by atoms with E-state index < -0.39 is 0 Å². The van der Waals surface area contributed by atoms with Gasteiger partial charge >= 0.3 is 0 Å². The molecule has 0 radical (unpaired) electrons. The van der Waals surface area contributed by atoms with E-state index in [4.69, 9.17) is 9.47 Å². The minimum atomic E-state index is -0.113. The minimum Gasteiger partial charge on any atom is -0.493 e. The molecule has 0 saturated heterocycles. The van der Waals surface area contributed by atoms with Crippen molar-refractivity contribution in [3.8, 4) is 22.6 Å². The van der Waals surface area contributed by atoms with Crippen LogP contribution in [0, 0.1) is 0 Å². The number of methoxy groups -OCH3 is 2. The third-order valence-electron chi connectivity index (χ3n) is 4.46. The van der Waals surface area contributed by atoms with Crippen molar-refractivity contribution in [3.63, 3.8) is 0 Å². The van der Waals surface area contributed by atoms with Crippen LogP contribution in [0.25, 0.3) is 11.1 Å². The quantitative estimate of drug-likeness (QED) is 0.642. The Hall–Kier alpha value is -3.27. The predicted molar refractivity (Wildman–Crippen MR) is 107 cm³/mol. The summed E-state index contributed by atoms with van der Waals surface area (Å²) in [6, 6.07) is 23.8. The zero-order valence-corrected chi connectivity index (χ0v) is 15.8. The molecular formula is C23H23NO3. The van der Waals surface area contributed by atoms with Crippen LogP contribution in [0.3, 0.4) is 0 Å². The molecule has 3 aromatic carbocycles. The molecule has 0 aliphatic rings. The van der Waals surface area contributed by atoms with Crippen LogP contribution in [0.5, 0.6) is 11.5 Å². The molecule has 3 rings (SSSR count). The third kappa shape index (κ3) is 4.11. The Morgan fingerprint density at radius 3 is 2.11 bits per heavy atom. The summed E-state index contributed by atoms with van der Waals surface area (Å²) in [5.74, 6) is 0.887. The zero-order chi connectivity index (χ0) is 19.2. The highest BCUT2D eigenvalue weighted by molar-refractivity contribution is 5.97. The van der Waals surface area contributed by atoms with E-state index in [0.717, 1.165) is 11.1 Å². The summed E-state index contributed by atoms with van der Waals surface area (Å²) in [4.78, 5) is 14.6. The number of para-hydroxylation sites is 1. The van der Waals surface area contributed by atoms with E-state index in [2.05, 4.69) is 36.4 Å². The van der Waals surface area contributed by atoms with Crippen molar-refractivity contribution in [2.75, 3.05) is 21.3 Å². The molecule has 0 aliphatic carbocycles. The van der Waals surface area contributed by atoms with Gasteiger partial charge < -0.3 is 14.4 Å². The van der Waals surface area contributed by atoms with Crippen molar-refractivity contribution >= 4 is 5.91 Å². The van der Waals surface area contributed by atoms with Crippen LogP contribution in [0.1, 0.15) is 15.9 Å². The number of ether oxygens (including phenoxy) is 2. The number of amides is 1. The van der Waals surface area contributed by atoms with E-state index in [9.17, 15) is 4.79 Å². The van der Waals surface area contributed by atoms with Crippen LogP contribution >= 0.6 is 0 Å². The Balaban J connectivity index is 1.75. The van der Waals surface area contributed by atoms with Crippen molar-refractivity contribution in [3.05, 3.63) is 83.9 Å². The van der Waals surface area contributed by atoms with Crippen molar-refractivity contribution in [2.24, 2.45) is 0 Å². The van der Waals surface area contributed by atoms with Gasteiger partial charge in [0.15, 0.2) is 11.5 Å². The SMILES string of the molecule is COc1cccc(C(=O)N(C)Cc2ccc(-c3ccccc3)cc2)c1OC. The highest BCUT2D eigenvalue weighted by Crippen LogP contribution is 2.31. The van der Waals surface area contributed by atoms with E-state index in [0.29, 0.717) is 23.6 Å². The van der Waals surface area contributed by atoms with Gasteiger partial charge in [-0.15, -0.1) is 0 Å². The maximum Gasteiger partial charge on any atom is 0.257 e. The average molecular weight is 361 g/mol. The fraction of sp³-hybridized carbons (Fsp3) is 0.174. The van der Waals surface area contributed by atoms with E-state index in [1.165, 1.54) is 12.7 Å². The second-order valence-electron chi connectivity index (χ2n) is 6.27. The number of benzene rings is 3. The molecule has 4 nitrogen and oxygen atoms in total. The van der Waals surface area contributed by atoms with Crippen LogP contribution in [-0.4, -0.2) is 32.1 Å². The molecule has 0 atom stereocenters. The smallest absolute Gasteiger partial charge is 0.257 e. The lowest BCUT2D eigenvalue weighted by atomic mass is 10.0. The molecule has 4 heteroatoms. The lowest BCUT2D eigenvalue weighted by Crippen LogP contribution is -2.26. The fourth-order valence-corrected chi connectivity index (χ4v) is 3.04. The van der Waals surface area contributed by atoms with Crippen LogP contribution in [0.2, 0.25) is 0 Å². The normalized spacial score (nSPS) is 10.3. The Morgan fingerprint density at radius 1 is 0.815 bits per heavy atom. The minimum absolute atomic E-state index is 0.113. The van der Waals surface area contributed by atoms with Gasteiger partial charge in [0.2, 0.25) is 0 Å². The standard InChI is InChI=1S/C23H23NO3/c1-24(23(25)20-10-7-11-21(26-2)22(20)27-3)16-17-12-14-19(15-13-17)18-8-5-4-6-9-18/h4-15H,16H2,1-3H3. The largest absolute Gasteiger partial charge is 0.493 e. The molecule has 0 bridgehead atoms. The summed E-state index contributed by atoms with van der Waals surface area (Å²) in [6.07, 6.45) is 0. The highest BCUT2D eigenvalue weighted by Gasteiger charge is 2.19. The van der Waals surface area contributed by atoms with Gasteiger partial charge in [0, 0.05) is 13.6 Å². The fourth-order valence-electron chi connectivity index (χ4n) is 3.04. The number of hydrogen-bond donors (Lipinski definition) is 0. The number of rotatable bonds is 6.